The van der Waals surface area contributed by atoms with Crippen LogP contribution in [0.3, 0.4) is 0 Å². The Morgan fingerprint density at radius 3 is 2.50 bits per heavy atom. The summed E-state index contributed by atoms with van der Waals surface area (Å²) in [6.45, 7) is 0.402. The first-order chi connectivity index (χ1) is 8.63. The topological polar surface area (TPSA) is 46.2 Å². The second-order valence-electron chi connectivity index (χ2n) is 5.04. The molecule has 1 aliphatic rings. The van der Waals surface area contributed by atoms with Crippen LogP contribution in [0.5, 0.6) is 0 Å². The van der Waals surface area contributed by atoms with Gasteiger partial charge in [0.15, 0.2) is 0 Å². The molecule has 0 aromatic heterocycles. The molecule has 0 saturated heterocycles. The van der Waals surface area contributed by atoms with E-state index in [2.05, 4.69) is 0 Å². The molecule has 3 N–H and O–H groups in total. The van der Waals surface area contributed by atoms with Gasteiger partial charge < -0.3 is 10.8 Å². The van der Waals surface area contributed by atoms with E-state index in [1.807, 2.05) is 6.07 Å². The smallest absolute Gasteiger partial charge is 0.0649 e. The summed E-state index contributed by atoms with van der Waals surface area (Å²) in [6.07, 6.45) is 4.17. The Bertz CT molecular complexity index is 405. The predicted octanol–water partition coefficient (Wildman–Crippen LogP) is 3.59. The van der Waals surface area contributed by atoms with Crippen molar-refractivity contribution in [2.75, 3.05) is 6.54 Å². The summed E-state index contributed by atoms with van der Waals surface area (Å²) >= 11 is 12.1. The van der Waals surface area contributed by atoms with E-state index in [0.29, 0.717) is 22.5 Å². The standard InChI is InChI=1S/C14H19Cl2NO/c15-10-5-6-11(13(16)7-10)12(8-17)14(18)9-3-1-2-4-9/h5-7,9,12,14,18H,1-4,8,17H2. The van der Waals surface area contributed by atoms with Gasteiger partial charge >= 0.3 is 0 Å². The molecule has 0 radical (unpaired) electrons. The van der Waals surface area contributed by atoms with E-state index in [1.165, 1.54) is 12.8 Å². The third-order valence-electron chi connectivity index (χ3n) is 3.91. The van der Waals surface area contributed by atoms with Crippen LogP contribution in [0.15, 0.2) is 18.2 Å². The molecule has 0 amide bonds. The molecule has 1 aromatic rings. The number of hydrogen-bond donors (Lipinski definition) is 2. The van der Waals surface area contributed by atoms with Crippen LogP contribution in [0, 0.1) is 5.92 Å². The van der Waals surface area contributed by atoms with Gasteiger partial charge in [-0.2, -0.15) is 0 Å². The van der Waals surface area contributed by atoms with Crippen LogP contribution in [-0.2, 0) is 0 Å². The van der Waals surface area contributed by atoms with Gasteiger partial charge in [0.05, 0.1) is 6.10 Å². The van der Waals surface area contributed by atoms with Crippen LogP contribution in [0.1, 0.15) is 37.2 Å². The van der Waals surface area contributed by atoms with Crippen molar-refractivity contribution in [1.29, 1.82) is 0 Å². The summed E-state index contributed by atoms with van der Waals surface area (Å²) < 4.78 is 0. The first-order valence-electron chi connectivity index (χ1n) is 6.46. The molecule has 2 atom stereocenters. The van der Waals surface area contributed by atoms with Crippen molar-refractivity contribution < 1.29 is 5.11 Å². The molecule has 1 aliphatic carbocycles. The average Bonchev–Trinajstić information content (AvgIpc) is 2.86. The number of aliphatic hydroxyl groups is 1. The SMILES string of the molecule is NCC(c1ccc(Cl)cc1Cl)C(O)C1CCCC1. The van der Waals surface area contributed by atoms with Gasteiger partial charge in [-0.15, -0.1) is 0 Å². The summed E-state index contributed by atoms with van der Waals surface area (Å²) in [5, 5.41) is 11.7. The molecule has 2 unspecified atom stereocenters. The fraction of sp³-hybridized carbons (Fsp3) is 0.571. The van der Waals surface area contributed by atoms with E-state index in [-0.39, 0.29) is 5.92 Å². The lowest BCUT2D eigenvalue weighted by molar-refractivity contribution is 0.0851. The number of benzene rings is 1. The average molecular weight is 288 g/mol. The Balaban J connectivity index is 2.21. The zero-order valence-electron chi connectivity index (χ0n) is 10.3. The van der Waals surface area contributed by atoms with Crippen LogP contribution in [0.25, 0.3) is 0 Å². The molecule has 4 heteroatoms. The highest BCUT2D eigenvalue weighted by Crippen LogP contribution is 2.36. The Kier molecular flexibility index (Phi) is 4.91. The highest BCUT2D eigenvalue weighted by Gasteiger charge is 2.31. The van der Waals surface area contributed by atoms with Crippen molar-refractivity contribution in [1.82, 2.24) is 0 Å². The zero-order chi connectivity index (χ0) is 13.1. The van der Waals surface area contributed by atoms with Gasteiger partial charge in [0, 0.05) is 22.5 Å². The fourth-order valence-electron chi connectivity index (χ4n) is 2.88. The second-order valence-corrected chi connectivity index (χ2v) is 5.89. The third kappa shape index (κ3) is 3.00. The summed E-state index contributed by atoms with van der Waals surface area (Å²) in [7, 11) is 0. The second kappa shape index (κ2) is 6.25. The van der Waals surface area contributed by atoms with Crippen molar-refractivity contribution in [3.05, 3.63) is 33.8 Å². The Morgan fingerprint density at radius 2 is 1.94 bits per heavy atom. The van der Waals surface area contributed by atoms with E-state index >= 15 is 0 Å². The van der Waals surface area contributed by atoms with Crippen molar-refractivity contribution in [3.8, 4) is 0 Å². The van der Waals surface area contributed by atoms with E-state index in [1.54, 1.807) is 12.1 Å². The molecule has 0 spiro atoms. The lowest BCUT2D eigenvalue weighted by Gasteiger charge is -2.27. The molecule has 0 heterocycles. The van der Waals surface area contributed by atoms with E-state index in [9.17, 15) is 5.11 Å². The van der Waals surface area contributed by atoms with Crippen LogP contribution >= 0.6 is 23.2 Å². The largest absolute Gasteiger partial charge is 0.392 e. The number of rotatable bonds is 4. The molecule has 1 fully saturated rings. The maximum absolute atomic E-state index is 10.5. The maximum atomic E-state index is 10.5. The first-order valence-corrected chi connectivity index (χ1v) is 7.22. The van der Waals surface area contributed by atoms with Crippen LogP contribution in [0.4, 0.5) is 0 Å². The molecule has 2 nitrogen and oxygen atoms in total. The van der Waals surface area contributed by atoms with Gasteiger partial charge in [-0.25, -0.2) is 0 Å². The number of nitrogens with two attached hydrogens (primary N) is 1. The molecule has 0 bridgehead atoms. The summed E-state index contributed by atoms with van der Waals surface area (Å²) in [5.41, 5.74) is 6.73. The summed E-state index contributed by atoms with van der Waals surface area (Å²) in [4.78, 5) is 0. The number of aliphatic hydroxyl groups excluding tert-OH is 1. The van der Waals surface area contributed by atoms with Crippen molar-refractivity contribution >= 4 is 23.2 Å². The minimum Gasteiger partial charge on any atom is -0.392 e. The minimum atomic E-state index is -0.406. The number of hydrogen-bond acceptors (Lipinski definition) is 2. The van der Waals surface area contributed by atoms with Crippen molar-refractivity contribution in [2.45, 2.75) is 37.7 Å². The molecule has 2 rings (SSSR count). The molecular weight excluding hydrogens is 269 g/mol. The molecule has 1 aromatic carbocycles. The monoisotopic (exact) mass is 287 g/mol. The van der Waals surface area contributed by atoms with Gasteiger partial charge in [-0.3, -0.25) is 0 Å². The van der Waals surface area contributed by atoms with E-state index in [0.717, 1.165) is 18.4 Å². The van der Waals surface area contributed by atoms with Gasteiger partial charge in [-0.05, 0) is 36.5 Å². The minimum absolute atomic E-state index is 0.0992. The summed E-state index contributed by atoms with van der Waals surface area (Å²) in [6, 6.07) is 5.38. The third-order valence-corrected chi connectivity index (χ3v) is 4.47. The Morgan fingerprint density at radius 1 is 1.28 bits per heavy atom. The maximum Gasteiger partial charge on any atom is 0.0649 e. The number of halogens is 2. The molecule has 18 heavy (non-hydrogen) atoms. The van der Waals surface area contributed by atoms with Gasteiger partial charge in [0.25, 0.3) is 0 Å². The van der Waals surface area contributed by atoms with Crippen molar-refractivity contribution in [2.24, 2.45) is 11.7 Å². The zero-order valence-corrected chi connectivity index (χ0v) is 11.8. The highest BCUT2D eigenvalue weighted by molar-refractivity contribution is 6.35. The fourth-order valence-corrected chi connectivity index (χ4v) is 3.43. The van der Waals surface area contributed by atoms with Crippen LogP contribution < -0.4 is 5.73 Å². The van der Waals surface area contributed by atoms with Gasteiger partial charge in [0.2, 0.25) is 0 Å². The Labute approximate surface area is 118 Å². The normalized spacial score (nSPS) is 20.0. The predicted molar refractivity (Wildman–Crippen MR) is 76.2 cm³/mol. The molecular formula is C14H19Cl2NO. The van der Waals surface area contributed by atoms with Gasteiger partial charge in [0.1, 0.15) is 0 Å². The highest BCUT2D eigenvalue weighted by atomic mass is 35.5. The quantitative estimate of drug-likeness (QED) is 0.889. The summed E-state index contributed by atoms with van der Waals surface area (Å²) in [5.74, 6) is 0.253. The Hall–Kier alpha value is -0.280. The van der Waals surface area contributed by atoms with Crippen LogP contribution in [0.2, 0.25) is 10.0 Å². The lowest BCUT2D eigenvalue weighted by Crippen LogP contribution is -2.31. The van der Waals surface area contributed by atoms with E-state index < -0.39 is 6.10 Å². The van der Waals surface area contributed by atoms with Crippen molar-refractivity contribution in [3.63, 3.8) is 0 Å². The lowest BCUT2D eigenvalue weighted by atomic mass is 9.85. The van der Waals surface area contributed by atoms with Crippen LogP contribution in [-0.4, -0.2) is 17.8 Å². The first kappa shape index (κ1) is 14.1. The molecule has 1 saturated carbocycles. The molecule has 0 aliphatic heterocycles. The van der Waals surface area contributed by atoms with Gasteiger partial charge in [-0.1, -0.05) is 42.1 Å². The van der Waals surface area contributed by atoms with E-state index in [4.69, 9.17) is 28.9 Å². The molecule has 100 valence electrons.